The zero-order valence-corrected chi connectivity index (χ0v) is 19.8. The predicted octanol–water partition coefficient (Wildman–Crippen LogP) is 6.70. The minimum atomic E-state index is -4.78. The van der Waals surface area contributed by atoms with E-state index in [4.69, 9.17) is 9.72 Å². The predicted molar refractivity (Wildman–Crippen MR) is 123 cm³/mol. The molecule has 0 spiro atoms. The summed E-state index contributed by atoms with van der Waals surface area (Å²) >= 11 is 0. The number of para-hydroxylation sites is 1. The normalized spacial score (nSPS) is 20.3. The first kappa shape index (κ1) is 24.1. The summed E-state index contributed by atoms with van der Waals surface area (Å²) in [6, 6.07) is 11.5. The summed E-state index contributed by atoms with van der Waals surface area (Å²) in [5.74, 6) is 0.440. The number of methoxy groups -OCH3 is 1. The van der Waals surface area contributed by atoms with Gasteiger partial charge in [-0.1, -0.05) is 39.0 Å². The van der Waals surface area contributed by atoms with E-state index in [-0.39, 0.29) is 23.6 Å². The maximum atomic E-state index is 13.0. The van der Waals surface area contributed by atoms with Crippen molar-refractivity contribution in [2.24, 2.45) is 11.3 Å². The molecule has 0 bridgehead atoms. The molecule has 1 heterocycles. The molecular formula is C26H29F3N2O3. The molecule has 1 aliphatic rings. The molecule has 182 valence electrons. The molecule has 0 aliphatic heterocycles. The average Bonchev–Trinajstić information content (AvgIpc) is 3.09. The molecule has 0 amide bonds. The Morgan fingerprint density at radius 1 is 1.18 bits per heavy atom. The summed E-state index contributed by atoms with van der Waals surface area (Å²) in [6.07, 6.45) is -1.63. The second-order valence-electron chi connectivity index (χ2n) is 9.99. The minimum absolute atomic E-state index is 0.124. The maximum absolute atomic E-state index is 13.0. The van der Waals surface area contributed by atoms with E-state index in [0.29, 0.717) is 28.4 Å². The highest BCUT2D eigenvalue weighted by Gasteiger charge is 2.35. The maximum Gasteiger partial charge on any atom is 0.573 e. The van der Waals surface area contributed by atoms with Crippen LogP contribution in [0, 0.1) is 11.3 Å². The van der Waals surface area contributed by atoms with Crippen LogP contribution in [-0.2, 0) is 11.2 Å². The van der Waals surface area contributed by atoms with Gasteiger partial charge in [-0.3, -0.25) is 0 Å². The third kappa shape index (κ3) is 5.21. The van der Waals surface area contributed by atoms with Gasteiger partial charge in [0.15, 0.2) is 0 Å². The first-order valence-electron chi connectivity index (χ1n) is 11.4. The molecule has 5 nitrogen and oxygen atoms in total. The van der Waals surface area contributed by atoms with Crippen LogP contribution in [0.5, 0.6) is 5.75 Å². The molecule has 8 heteroatoms. The van der Waals surface area contributed by atoms with E-state index in [1.165, 1.54) is 19.2 Å². The molecule has 3 aromatic rings. The van der Waals surface area contributed by atoms with Gasteiger partial charge in [-0.2, -0.15) is 0 Å². The number of halogens is 3. The number of carbonyl (C=O) groups excluding carboxylic acids is 1. The van der Waals surface area contributed by atoms with Gasteiger partial charge in [0, 0.05) is 18.0 Å². The van der Waals surface area contributed by atoms with Gasteiger partial charge in [0.25, 0.3) is 0 Å². The molecule has 34 heavy (non-hydrogen) atoms. The fourth-order valence-electron chi connectivity index (χ4n) is 5.46. The van der Waals surface area contributed by atoms with Crippen molar-refractivity contribution in [1.29, 1.82) is 0 Å². The SMILES string of the molecule is COC(=O)c1ccc2c(c1)nc(Cc1ccccc1OC(F)(F)F)n2C1CC(C)CC(C)(C)C1. The lowest BCUT2D eigenvalue weighted by atomic mass is 9.70. The second kappa shape index (κ2) is 8.96. The Bertz CT molecular complexity index is 1200. The Balaban J connectivity index is 1.82. The monoisotopic (exact) mass is 474 g/mol. The number of rotatable bonds is 5. The van der Waals surface area contributed by atoms with E-state index in [0.717, 1.165) is 24.8 Å². The van der Waals surface area contributed by atoms with E-state index in [9.17, 15) is 18.0 Å². The lowest BCUT2D eigenvalue weighted by Gasteiger charge is -2.40. The highest BCUT2D eigenvalue weighted by Crippen LogP contribution is 2.45. The molecule has 4 rings (SSSR count). The van der Waals surface area contributed by atoms with Crippen molar-refractivity contribution in [1.82, 2.24) is 9.55 Å². The summed E-state index contributed by atoms with van der Waals surface area (Å²) in [5, 5.41) is 0. The van der Waals surface area contributed by atoms with Crippen molar-refractivity contribution in [3.05, 3.63) is 59.4 Å². The topological polar surface area (TPSA) is 53.4 Å². The van der Waals surface area contributed by atoms with Gasteiger partial charge in [-0.25, -0.2) is 9.78 Å². The van der Waals surface area contributed by atoms with Crippen molar-refractivity contribution < 1.29 is 27.4 Å². The lowest BCUT2D eigenvalue weighted by molar-refractivity contribution is -0.274. The number of ether oxygens (including phenoxy) is 2. The number of esters is 1. The number of benzene rings is 2. The third-order valence-corrected chi connectivity index (χ3v) is 6.46. The van der Waals surface area contributed by atoms with Crippen LogP contribution < -0.4 is 4.74 Å². The molecule has 2 atom stereocenters. The first-order chi connectivity index (χ1) is 16.0. The number of aromatic nitrogens is 2. The number of fused-ring (bicyclic) bond motifs is 1. The van der Waals surface area contributed by atoms with Gasteiger partial charge >= 0.3 is 12.3 Å². The van der Waals surface area contributed by atoms with Crippen molar-refractivity contribution >= 4 is 17.0 Å². The molecule has 2 aromatic carbocycles. The van der Waals surface area contributed by atoms with Crippen LogP contribution in [-0.4, -0.2) is 29.0 Å². The number of carbonyl (C=O) groups is 1. The fourth-order valence-corrected chi connectivity index (χ4v) is 5.46. The van der Waals surface area contributed by atoms with E-state index in [1.807, 2.05) is 6.07 Å². The number of hydrogen-bond donors (Lipinski definition) is 0. The van der Waals surface area contributed by atoms with Crippen LogP contribution in [0.25, 0.3) is 11.0 Å². The molecule has 1 saturated carbocycles. The Kier molecular flexibility index (Phi) is 6.36. The molecule has 2 unspecified atom stereocenters. The van der Waals surface area contributed by atoms with E-state index in [1.54, 1.807) is 24.3 Å². The number of hydrogen-bond acceptors (Lipinski definition) is 4. The Morgan fingerprint density at radius 3 is 2.59 bits per heavy atom. The standard InChI is InChI=1S/C26H29F3N2O3/c1-16-11-19(15-25(2,3)14-16)31-21-10-9-18(24(32)33-4)12-20(21)30-23(31)13-17-7-5-6-8-22(17)34-26(27,28)29/h5-10,12,16,19H,11,13-15H2,1-4H3. The van der Waals surface area contributed by atoms with Crippen molar-refractivity contribution in [2.45, 2.75) is 58.9 Å². The summed E-state index contributed by atoms with van der Waals surface area (Å²) in [5.41, 5.74) is 2.37. The van der Waals surface area contributed by atoms with E-state index in [2.05, 4.69) is 30.1 Å². The largest absolute Gasteiger partial charge is 0.573 e. The van der Waals surface area contributed by atoms with Crippen LogP contribution in [0.2, 0.25) is 0 Å². The quantitative estimate of drug-likeness (QED) is 0.386. The molecule has 1 aromatic heterocycles. The van der Waals surface area contributed by atoms with Gasteiger partial charge in [0.1, 0.15) is 11.6 Å². The Labute approximate surface area is 196 Å². The Hall–Kier alpha value is -3.03. The molecule has 0 N–H and O–H groups in total. The number of nitrogens with zero attached hydrogens (tertiary/aromatic N) is 2. The van der Waals surface area contributed by atoms with Crippen LogP contribution in [0.4, 0.5) is 13.2 Å². The van der Waals surface area contributed by atoms with Crippen LogP contribution in [0.1, 0.15) is 67.8 Å². The smallest absolute Gasteiger partial charge is 0.465 e. The van der Waals surface area contributed by atoms with E-state index >= 15 is 0 Å². The molecule has 1 fully saturated rings. The van der Waals surface area contributed by atoms with Crippen molar-refractivity contribution in [3.8, 4) is 5.75 Å². The zero-order chi connectivity index (χ0) is 24.7. The average molecular weight is 475 g/mol. The molecular weight excluding hydrogens is 445 g/mol. The van der Waals surface area contributed by atoms with Crippen LogP contribution >= 0.6 is 0 Å². The molecule has 0 saturated heterocycles. The van der Waals surface area contributed by atoms with Crippen LogP contribution in [0.3, 0.4) is 0 Å². The second-order valence-corrected chi connectivity index (χ2v) is 9.99. The number of alkyl halides is 3. The third-order valence-electron chi connectivity index (χ3n) is 6.46. The van der Waals surface area contributed by atoms with Gasteiger partial charge in [-0.05, 0) is 54.9 Å². The highest BCUT2D eigenvalue weighted by molar-refractivity contribution is 5.93. The van der Waals surface area contributed by atoms with Gasteiger partial charge < -0.3 is 14.0 Å². The van der Waals surface area contributed by atoms with Crippen LogP contribution in [0.15, 0.2) is 42.5 Å². The lowest BCUT2D eigenvalue weighted by Crippen LogP contribution is -2.30. The molecule has 1 aliphatic carbocycles. The van der Waals surface area contributed by atoms with Gasteiger partial charge in [-0.15, -0.1) is 13.2 Å². The summed E-state index contributed by atoms with van der Waals surface area (Å²) < 4.78 is 50.3. The first-order valence-corrected chi connectivity index (χ1v) is 11.4. The summed E-state index contributed by atoms with van der Waals surface area (Å²) in [7, 11) is 1.32. The summed E-state index contributed by atoms with van der Waals surface area (Å²) in [6.45, 7) is 6.72. The Morgan fingerprint density at radius 2 is 1.91 bits per heavy atom. The van der Waals surface area contributed by atoms with Crippen molar-refractivity contribution in [2.75, 3.05) is 7.11 Å². The molecule has 0 radical (unpaired) electrons. The van der Waals surface area contributed by atoms with Gasteiger partial charge in [0.2, 0.25) is 0 Å². The van der Waals surface area contributed by atoms with E-state index < -0.39 is 12.3 Å². The van der Waals surface area contributed by atoms with Gasteiger partial charge in [0.05, 0.1) is 23.7 Å². The zero-order valence-electron chi connectivity index (χ0n) is 19.8. The minimum Gasteiger partial charge on any atom is -0.465 e. The number of imidazole rings is 1. The fraction of sp³-hybridized carbons (Fsp3) is 0.462. The summed E-state index contributed by atoms with van der Waals surface area (Å²) in [4.78, 5) is 16.9. The highest BCUT2D eigenvalue weighted by atomic mass is 19.4. The van der Waals surface area contributed by atoms with Crippen molar-refractivity contribution in [3.63, 3.8) is 0 Å².